The highest BCUT2D eigenvalue weighted by molar-refractivity contribution is 7.87. The van der Waals surface area contributed by atoms with Gasteiger partial charge in [-0.2, -0.15) is 12.7 Å². The summed E-state index contributed by atoms with van der Waals surface area (Å²) in [5, 5.41) is 0. The zero-order valence-corrected chi connectivity index (χ0v) is 14.5. The van der Waals surface area contributed by atoms with Gasteiger partial charge in [0.2, 0.25) is 0 Å². The van der Waals surface area contributed by atoms with Gasteiger partial charge in [-0.05, 0) is 25.3 Å². The molecule has 0 aromatic heterocycles. The van der Waals surface area contributed by atoms with Crippen molar-refractivity contribution < 1.29 is 12.6 Å². The van der Waals surface area contributed by atoms with Crippen LogP contribution in [-0.4, -0.2) is 41.8 Å². The van der Waals surface area contributed by atoms with Crippen LogP contribution in [-0.2, 0) is 26.8 Å². The van der Waals surface area contributed by atoms with Crippen LogP contribution in [0.5, 0.6) is 0 Å². The van der Waals surface area contributed by atoms with Gasteiger partial charge in [-0.25, -0.2) is 4.72 Å². The molecule has 5 nitrogen and oxygen atoms in total. The molecule has 7 heteroatoms. The summed E-state index contributed by atoms with van der Waals surface area (Å²) >= 11 is 0. The quantitative estimate of drug-likeness (QED) is 0.818. The Morgan fingerprint density at radius 3 is 2.68 bits per heavy atom. The second-order valence-electron chi connectivity index (χ2n) is 5.63. The molecule has 1 saturated heterocycles. The van der Waals surface area contributed by atoms with Crippen molar-refractivity contribution in [1.82, 2.24) is 9.03 Å². The largest absolute Gasteiger partial charge is 0.279 e. The lowest BCUT2D eigenvalue weighted by Gasteiger charge is -2.32. The fourth-order valence-electron chi connectivity index (χ4n) is 2.63. The maximum absolute atomic E-state index is 12.3. The predicted molar refractivity (Wildman–Crippen MR) is 90.1 cm³/mol. The molecule has 0 amide bonds. The summed E-state index contributed by atoms with van der Waals surface area (Å²) in [6.45, 7) is 2.72. The minimum Gasteiger partial charge on any atom is -0.259 e. The summed E-state index contributed by atoms with van der Waals surface area (Å²) in [6, 6.07) is 9.64. The maximum Gasteiger partial charge on any atom is 0.279 e. The molecular weight excluding hydrogens is 320 g/mol. The van der Waals surface area contributed by atoms with E-state index in [0.717, 1.165) is 24.8 Å². The molecule has 2 unspecified atom stereocenters. The lowest BCUT2D eigenvalue weighted by molar-refractivity contribution is 0.265. The lowest BCUT2D eigenvalue weighted by Crippen LogP contribution is -2.48. The van der Waals surface area contributed by atoms with Crippen LogP contribution in [0.1, 0.15) is 31.7 Å². The Hall–Kier alpha value is -0.760. The van der Waals surface area contributed by atoms with E-state index in [4.69, 9.17) is 0 Å². The fraction of sp³-hybridized carbons (Fsp3) is 0.600. The van der Waals surface area contributed by atoms with Gasteiger partial charge in [0.1, 0.15) is 0 Å². The first kappa shape index (κ1) is 17.6. The van der Waals surface area contributed by atoms with Gasteiger partial charge in [0, 0.05) is 41.4 Å². The SMILES string of the molecule is CC1CCCCN1S(=O)(=O)NCCS(=O)Cc1ccccc1. The van der Waals surface area contributed by atoms with E-state index in [2.05, 4.69) is 4.72 Å². The van der Waals surface area contributed by atoms with Crippen LogP contribution in [0.15, 0.2) is 30.3 Å². The van der Waals surface area contributed by atoms with Gasteiger partial charge in [-0.15, -0.1) is 0 Å². The second-order valence-corrected chi connectivity index (χ2v) is 8.91. The van der Waals surface area contributed by atoms with Crippen LogP contribution >= 0.6 is 0 Å². The Bertz CT molecular complexity index is 590. The fourth-order valence-corrected chi connectivity index (χ4v) is 5.27. The predicted octanol–water partition coefficient (Wildman–Crippen LogP) is 1.64. The zero-order chi connectivity index (χ0) is 16.0. The van der Waals surface area contributed by atoms with E-state index in [-0.39, 0.29) is 12.6 Å². The van der Waals surface area contributed by atoms with Gasteiger partial charge in [-0.3, -0.25) is 4.21 Å². The Kier molecular flexibility index (Phi) is 6.55. The van der Waals surface area contributed by atoms with Crippen LogP contribution < -0.4 is 4.72 Å². The van der Waals surface area contributed by atoms with Crippen molar-refractivity contribution in [3.63, 3.8) is 0 Å². The molecule has 1 N–H and O–H groups in total. The first-order valence-corrected chi connectivity index (χ1v) is 10.6. The molecule has 2 atom stereocenters. The third-order valence-electron chi connectivity index (χ3n) is 3.84. The number of nitrogens with zero attached hydrogens (tertiary/aromatic N) is 1. The Balaban J connectivity index is 1.78. The number of benzene rings is 1. The van der Waals surface area contributed by atoms with E-state index < -0.39 is 21.0 Å². The third-order valence-corrected chi connectivity index (χ3v) is 6.88. The van der Waals surface area contributed by atoms with Gasteiger partial charge in [0.25, 0.3) is 10.2 Å². The topological polar surface area (TPSA) is 66.5 Å². The van der Waals surface area contributed by atoms with E-state index in [9.17, 15) is 12.6 Å². The molecule has 0 saturated carbocycles. The standard InChI is InChI=1S/C15H24N2O3S2/c1-14-7-5-6-11-17(14)22(19,20)16-10-12-21(18)13-15-8-3-2-4-9-15/h2-4,8-9,14,16H,5-7,10-13H2,1H3. The molecule has 0 aliphatic carbocycles. The Morgan fingerprint density at radius 2 is 2.00 bits per heavy atom. The molecule has 1 aliphatic rings. The lowest BCUT2D eigenvalue weighted by atomic mass is 10.1. The van der Waals surface area contributed by atoms with Crippen molar-refractivity contribution in [2.45, 2.75) is 38.0 Å². The number of hydrogen-bond donors (Lipinski definition) is 1. The number of hydrogen-bond acceptors (Lipinski definition) is 3. The van der Waals surface area contributed by atoms with E-state index >= 15 is 0 Å². The first-order valence-electron chi connectivity index (χ1n) is 7.64. The van der Waals surface area contributed by atoms with Crippen LogP contribution in [0.3, 0.4) is 0 Å². The molecule has 0 radical (unpaired) electrons. The van der Waals surface area contributed by atoms with E-state index in [1.807, 2.05) is 37.3 Å². The molecule has 1 aliphatic heterocycles. The number of nitrogens with one attached hydrogen (secondary N) is 1. The summed E-state index contributed by atoms with van der Waals surface area (Å²) in [6.07, 6.45) is 2.89. The molecule has 0 bridgehead atoms. The highest BCUT2D eigenvalue weighted by atomic mass is 32.2. The molecule has 2 rings (SSSR count). The average molecular weight is 345 g/mol. The molecule has 124 valence electrons. The summed E-state index contributed by atoms with van der Waals surface area (Å²) < 4.78 is 40.6. The van der Waals surface area contributed by atoms with Crippen molar-refractivity contribution in [2.75, 3.05) is 18.8 Å². The molecule has 1 fully saturated rings. The third kappa shape index (κ3) is 5.15. The molecule has 22 heavy (non-hydrogen) atoms. The smallest absolute Gasteiger partial charge is 0.259 e. The van der Waals surface area contributed by atoms with Crippen LogP contribution in [0.4, 0.5) is 0 Å². The molecule has 1 heterocycles. The highest BCUT2D eigenvalue weighted by Crippen LogP contribution is 2.18. The van der Waals surface area contributed by atoms with Crippen LogP contribution in [0.2, 0.25) is 0 Å². The molecular formula is C15H24N2O3S2. The monoisotopic (exact) mass is 344 g/mol. The van der Waals surface area contributed by atoms with Crippen molar-refractivity contribution in [3.05, 3.63) is 35.9 Å². The summed E-state index contributed by atoms with van der Waals surface area (Å²) in [7, 11) is -4.52. The van der Waals surface area contributed by atoms with Crippen molar-refractivity contribution >= 4 is 21.0 Å². The number of rotatable bonds is 7. The second kappa shape index (κ2) is 8.19. The average Bonchev–Trinajstić information content (AvgIpc) is 2.48. The van der Waals surface area contributed by atoms with Gasteiger partial charge < -0.3 is 0 Å². The normalized spacial score (nSPS) is 21.6. The van der Waals surface area contributed by atoms with Crippen molar-refractivity contribution in [1.29, 1.82) is 0 Å². The Labute approximate surface area is 135 Å². The molecule has 1 aromatic carbocycles. The van der Waals surface area contributed by atoms with Gasteiger partial charge in [-0.1, -0.05) is 36.8 Å². The van der Waals surface area contributed by atoms with Gasteiger partial charge in [0.15, 0.2) is 0 Å². The van der Waals surface area contributed by atoms with Gasteiger partial charge >= 0.3 is 0 Å². The Morgan fingerprint density at radius 1 is 1.27 bits per heavy atom. The molecule has 1 aromatic rings. The summed E-state index contributed by atoms with van der Waals surface area (Å²) in [5.74, 6) is 0.791. The number of piperidine rings is 1. The summed E-state index contributed by atoms with van der Waals surface area (Å²) in [4.78, 5) is 0. The zero-order valence-electron chi connectivity index (χ0n) is 12.9. The summed E-state index contributed by atoms with van der Waals surface area (Å²) in [5.41, 5.74) is 1.01. The van der Waals surface area contributed by atoms with E-state index in [1.165, 1.54) is 4.31 Å². The van der Waals surface area contributed by atoms with Crippen molar-refractivity contribution in [2.24, 2.45) is 0 Å². The first-order chi connectivity index (χ1) is 10.5. The van der Waals surface area contributed by atoms with Gasteiger partial charge in [0.05, 0.1) is 0 Å². The molecule has 0 spiro atoms. The van der Waals surface area contributed by atoms with E-state index in [0.29, 0.717) is 18.1 Å². The minimum absolute atomic E-state index is 0.0427. The van der Waals surface area contributed by atoms with E-state index in [1.54, 1.807) is 0 Å². The highest BCUT2D eigenvalue weighted by Gasteiger charge is 2.28. The van der Waals surface area contributed by atoms with Crippen LogP contribution in [0.25, 0.3) is 0 Å². The van der Waals surface area contributed by atoms with Crippen molar-refractivity contribution in [3.8, 4) is 0 Å². The van der Waals surface area contributed by atoms with Crippen LogP contribution in [0, 0.1) is 0 Å². The minimum atomic E-state index is -3.45. The maximum atomic E-state index is 12.3.